The lowest BCUT2D eigenvalue weighted by atomic mass is 10.1. The number of rotatable bonds is 3. The molecule has 0 aromatic carbocycles. The highest BCUT2D eigenvalue weighted by atomic mass is 16.4. The molecule has 0 fully saturated rings. The number of allylic oxidation sites excluding steroid dienone is 1. The van der Waals surface area contributed by atoms with Gasteiger partial charge in [-0.25, -0.2) is 0 Å². The van der Waals surface area contributed by atoms with E-state index in [1.54, 1.807) is 0 Å². The molecule has 0 aliphatic heterocycles. The van der Waals surface area contributed by atoms with E-state index in [-0.39, 0.29) is 0 Å². The summed E-state index contributed by atoms with van der Waals surface area (Å²) in [5, 5.41) is 9.97. The molecule has 1 aromatic rings. The molecule has 1 N–H and O–H groups in total. The average molecular weight is 192 g/mol. The topological polar surface area (TPSA) is 33.4 Å². The molecule has 1 aliphatic carbocycles. The lowest BCUT2D eigenvalue weighted by molar-refractivity contribution is 0.180. The molecule has 0 saturated heterocycles. The van der Waals surface area contributed by atoms with Crippen molar-refractivity contribution in [2.24, 2.45) is 0 Å². The van der Waals surface area contributed by atoms with Crippen LogP contribution < -0.4 is 0 Å². The summed E-state index contributed by atoms with van der Waals surface area (Å²) >= 11 is 0. The Morgan fingerprint density at radius 3 is 2.93 bits per heavy atom. The van der Waals surface area contributed by atoms with E-state index < -0.39 is 6.10 Å². The van der Waals surface area contributed by atoms with Gasteiger partial charge in [-0.05, 0) is 37.0 Å². The average Bonchev–Trinajstić information content (AvgIpc) is 2.88. The highest BCUT2D eigenvalue weighted by Gasteiger charge is 2.18. The molecule has 0 amide bonds. The molecular weight excluding hydrogens is 176 g/mol. The largest absolute Gasteiger partial charge is 0.463 e. The van der Waals surface area contributed by atoms with Crippen LogP contribution in [0, 0.1) is 0 Å². The van der Waals surface area contributed by atoms with Crippen LogP contribution in [0.25, 0.3) is 0 Å². The quantitative estimate of drug-likeness (QED) is 0.747. The molecule has 1 atom stereocenters. The molecule has 14 heavy (non-hydrogen) atoms. The van der Waals surface area contributed by atoms with Crippen LogP contribution in [0.1, 0.15) is 43.8 Å². The van der Waals surface area contributed by atoms with Crippen LogP contribution in [0.5, 0.6) is 0 Å². The lowest BCUT2D eigenvalue weighted by Crippen LogP contribution is -1.97. The Bertz CT molecular complexity index is 336. The van der Waals surface area contributed by atoms with E-state index in [0.29, 0.717) is 5.76 Å². The standard InChI is InChI=1S/C12H16O2/c1-2-10-7-8-11(14-10)12(13)9-5-3-4-6-9/h5,7-8,12-13H,2-4,6H2,1H3. The molecule has 0 bridgehead atoms. The van der Waals surface area contributed by atoms with Crippen LogP contribution in [-0.2, 0) is 6.42 Å². The molecular formula is C12H16O2. The van der Waals surface area contributed by atoms with Gasteiger partial charge in [0, 0.05) is 6.42 Å². The van der Waals surface area contributed by atoms with Gasteiger partial charge in [-0.1, -0.05) is 13.0 Å². The summed E-state index contributed by atoms with van der Waals surface area (Å²) in [5.74, 6) is 1.63. The molecule has 2 rings (SSSR count). The van der Waals surface area contributed by atoms with Crippen molar-refractivity contribution >= 4 is 0 Å². The fourth-order valence-electron chi connectivity index (χ4n) is 1.86. The predicted octanol–water partition coefficient (Wildman–Crippen LogP) is 2.99. The van der Waals surface area contributed by atoms with E-state index in [2.05, 4.69) is 6.08 Å². The zero-order valence-electron chi connectivity index (χ0n) is 8.49. The summed E-state index contributed by atoms with van der Waals surface area (Å²) in [6, 6.07) is 3.82. The van der Waals surface area contributed by atoms with Crippen molar-refractivity contribution in [3.8, 4) is 0 Å². The predicted molar refractivity (Wildman–Crippen MR) is 55.0 cm³/mol. The van der Waals surface area contributed by atoms with Crippen LogP contribution in [0.2, 0.25) is 0 Å². The first kappa shape index (κ1) is 9.53. The fourth-order valence-corrected chi connectivity index (χ4v) is 1.86. The summed E-state index contributed by atoms with van der Waals surface area (Å²) in [5.41, 5.74) is 1.11. The van der Waals surface area contributed by atoms with Crippen molar-refractivity contribution in [3.63, 3.8) is 0 Å². The smallest absolute Gasteiger partial charge is 0.136 e. The molecule has 76 valence electrons. The first-order chi connectivity index (χ1) is 6.81. The third kappa shape index (κ3) is 1.75. The summed E-state index contributed by atoms with van der Waals surface area (Å²) in [6.07, 6.45) is 5.74. The van der Waals surface area contributed by atoms with Gasteiger partial charge in [0.2, 0.25) is 0 Å². The maximum atomic E-state index is 9.97. The number of furan rings is 1. The van der Waals surface area contributed by atoms with Crippen LogP contribution in [0.15, 0.2) is 28.2 Å². The molecule has 1 aliphatic rings. The minimum absolute atomic E-state index is 0.516. The Morgan fingerprint density at radius 2 is 2.36 bits per heavy atom. The number of aliphatic hydroxyl groups excluding tert-OH is 1. The number of aliphatic hydroxyl groups is 1. The van der Waals surface area contributed by atoms with Gasteiger partial charge < -0.3 is 9.52 Å². The first-order valence-electron chi connectivity index (χ1n) is 5.27. The maximum absolute atomic E-state index is 9.97. The lowest BCUT2D eigenvalue weighted by Gasteiger charge is -2.08. The summed E-state index contributed by atoms with van der Waals surface area (Å²) in [4.78, 5) is 0. The van der Waals surface area contributed by atoms with Crippen LogP contribution >= 0.6 is 0 Å². The number of aryl methyl sites for hydroxylation is 1. The third-order valence-corrected chi connectivity index (χ3v) is 2.73. The molecule has 1 aromatic heterocycles. The van der Waals surface area contributed by atoms with Gasteiger partial charge in [-0.3, -0.25) is 0 Å². The van der Waals surface area contributed by atoms with Crippen molar-refractivity contribution in [2.75, 3.05) is 0 Å². The van der Waals surface area contributed by atoms with Crippen molar-refractivity contribution in [1.29, 1.82) is 0 Å². The van der Waals surface area contributed by atoms with Crippen molar-refractivity contribution in [2.45, 2.75) is 38.7 Å². The summed E-state index contributed by atoms with van der Waals surface area (Å²) in [6.45, 7) is 2.05. The van der Waals surface area contributed by atoms with Gasteiger partial charge in [-0.15, -0.1) is 0 Å². The molecule has 1 heterocycles. The zero-order valence-corrected chi connectivity index (χ0v) is 8.49. The van der Waals surface area contributed by atoms with Crippen LogP contribution in [-0.4, -0.2) is 5.11 Å². The Labute approximate surface area is 84.2 Å². The second-order valence-electron chi connectivity index (χ2n) is 3.73. The first-order valence-corrected chi connectivity index (χ1v) is 5.27. The molecule has 1 unspecified atom stereocenters. The van der Waals surface area contributed by atoms with Gasteiger partial charge in [0.15, 0.2) is 0 Å². The minimum Gasteiger partial charge on any atom is -0.463 e. The fraction of sp³-hybridized carbons (Fsp3) is 0.500. The Hall–Kier alpha value is -1.02. The van der Waals surface area contributed by atoms with Gasteiger partial charge in [-0.2, -0.15) is 0 Å². The van der Waals surface area contributed by atoms with Gasteiger partial charge in [0.05, 0.1) is 0 Å². The Morgan fingerprint density at radius 1 is 1.50 bits per heavy atom. The molecule has 2 heteroatoms. The van der Waals surface area contributed by atoms with Crippen molar-refractivity contribution in [3.05, 3.63) is 35.3 Å². The van der Waals surface area contributed by atoms with Crippen LogP contribution in [0.4, 0.5) is 0 Å². The summed E-state index contributed by atoms with van der Waals surface area (Å²) < 4.78 is 5.52. The van der Waals surface area contributed by atoms with Gasteiger partial charge in [0.1, 0.15) is 17.6 Å². The Balaban J connectivity index is 2.13. The van der Waals surface area contributed by atoms with E-state index >= 15 is 0 Å². The van der Waals surface area contributed by atoms with E-state index in [0.717, 1.165) is 37.0 Å². The van der Waals surface area contributed by atoms with E-state index in [1.165, 1.54) is 0 Å². The van der Waals surface area contributed by atoms with E-state index in [4.69, 9.17) is 4.42 Å². The third-order valence-electron chi connectivity index (χ3n) is 2.73. The second kappa shape index (κ2) is 4.01. The summed E-state index contributed by atoms with van der Waals surface area (Å²) in [7, 11) is 0. The molecule has 2 nitrogen and oxygen atoms in total. The minimum atomic E-state index is -0.516. The van der Waals surface area contributed by atoms with Crippen LogP contribution in [0.3, 0.4) is 0 Å². The molecule has 0 spiro atoms. The van der Waals surface area contributed by atoms with Crippen molar-refractivity contribution in [1.82, 2.24) is 0 Å². The zero-order chi connectivity index (χ0) is 9.97. The van der Waals surface area contributed by atoms with Crippen molar-refractivity contribution < 1.29 is 9.52 Å². The van der Waals surface area contributed by atoms with E-state index in [1.807, 2.05) is 19.1 Å². The van der Waals surface area contributed by atoms with Gasteiger partial charge in [0.25, 0.3) is 0 Å². The SMILES string of the molecule is CCc1ccc(C(O)C2=CCCC2)o1. The molecule has 0 radical (unpaired) electrons. The number of hydrogen-bond donors (Lipinski definition) is 1. The monoisotopic (exact) mass is 192 g/mol. The second-order valence-corrected chi connectivity index (χ2v) is 3.73. The van der Waals surface area contributed by atoms with E-state index in [9.17, 15) is 5.11 Å². The van der Waals surface area contributed by atoms with Gasteiger partial charge >= 0.3 is 0 Å². The highest BCUT2D eigenvalue weighted by Crippen LogP contribution is 2.31. The Kier molecular flexibility index (Phi) is 2.73. The highest BCUT2D eigenvalue weighted by molar-refractivity contribution is 5.22. The molecule has 0 saturated carbocycles. The normalized spacial score (nSPS) is 18.3. The number of hydrogen-bond acceptors (Lipinski definition) is 2. The maximum Gasteiger partial charge on any atom is 0.136 e.